The summed E-state index contributed by atoms with van der Waals surface area (Å²) in [5, 5.41) is 3.78. The van der Waals surface area contributed by atoms with Crippen LogP contribution in [0.5, 0.6) is 0 Å². The van der Waals surface area contributed by atoms with Crippen molar-refractivity contribution in [2.75, 3.05) is 32.4 Å². The molecule has 2 aromatic rings. The van der Waals surface area contributed by atoms with E-state index in [1.807, 2.05) is 30.5 Å². The predicted molar refractivity (Wildman–Crippen MR) is 107 cm³/mol. The number of amides is 2. The van der Waals surface area contributed by atoms with E-state index in [1.54, 1.807) is 4.90 Å². The number of hydrogen-bond acceptors (Lipinski definition) is 4. The Bertz CT molecular complexity index is 969. The van der Waals surface area contributed by atoms with E-state index >= 15 is 0 Å². The van der Waals surface area contributed by atoms with Gasteiger partial charge in [-0.15, -0.1) is 0 Å². The van der Waals surface area contributed by atoms with Crippen molar-refractivity contribution in [2.24, 2.45) is 0 Å². The van der Waals surface area contributed by atoms with Crippen molar-refractivity contribution in [3.05, 3.63) is 36.0 Å². The molecule has 0 unspecified atom stereocenters. The molecule has 2 N–H and O–H groups in total. The lowest BCUT2D eigenvalue weighted by Crippen LogP contribution is -2.50. The first kappa shape index (κ1) is 20.3. The van der Waals surface area contributed by atoms with Crippen molar-refractivity contribution in [3.63, 3.8) is 0 Å². The first-order valence-electron chi connectivity index (χ1n) is 9.31. The summed E-state index contributed by atoms with van der Waals surface area (Å²) in [7, 11) is -3.28. The molecule has 0 radical (unpaired) electrons. The molecule has 152 valence electrons. The second-order valence-electron chi connectivity index (χ2n) is 7.16. The van der Waals surface area contributed by atoms with Crippen molar-refractivity contribution in [2.45, 2.75) is 25.8 Å². The molecule has 28 heavy (non-hydrogen) atoms. The third-order valence-corrected chi connectivity index (χ3v) is 6.31. The van der Waals surface area contributed by atoms with Gasteiger partial charge in [0, 0.05) is 56.6 Å². The highest BCUT2D eigenvalue weighted by atomic mass is 32.2. The summed E-state index contributed by atoms with van der Waals surface area (Å²) in [6.07, 6.45) is 3.98. The van der Waals surface area contributed by atoms with Gasteiger partial charge in [0.1, 0.15) is 6.04 Å². The second-order valence-corrected chi connectivity index (χ2v) is 9.14. The molecule has 0 bridgehead atoms. The van der Waals surface area contributed by atoms with Gasteiger partial charge in [0.05, 0.1) is 6.26 Å². The van der Waals surface area contributed by atoms with Gasteiger partial charge in [0.25, 0.3) is 0 Å². The summed E-state index contributed by atoms with van der Waals surface area (Å²) in [6.45, 7) is 2.84. The number of nitrogens with zero attached hydrogens (tertiary/aromatic N) is 2. The van der Waals surface area contributed by atoms with Crippen molar-refractivity contribution in [1.82, 2.24) is 19.5 Å². The molecule has 1 aromatic carbocycles. The van der Waals surface area contributed by atoms with Gasteiger partial charge in [0.2, 0.25) is 21.8 Å². The smallest absolute Gasteiger partial charge is 0.245 e. The van der Waals surface area contributed by atoms with Crippen LogP contribution in [0.25, 0.3) is 10.9 Å². The van der Waals surface area contributed by atoms with E-state index in [4.69, 9.17) is 0 Å². The van der Waals surface area contributed by atoms with Crippen LogP contribution >= 0.6 is 0 Å². The molecule has 1 atom stereocenters. The summed E-state index contributed by atoms with van der Waals surface area (Å²) in [5.41, 5.74) is 1.93. The van der Waals surface area contributed by atoms with E-state index < -0.39 is 16.1 Å². The predicted octanol–water partition coefficient (Wildman–Crippen LogP) is 0.709. The Balaban J connectivity index is 1.77. The van der Waals surface area contributed by atoms with Crippen molar-refractivity contribution < 1.29 is 18.0 Å². The van der Waals surface area contributed by atoms with Gasteiger partial charge in [-0.25, -0.2) is 12.7 Å². The second kappa shape index (κ2) is 8.32. The first-order valence-corrected chi connectivity index (χ1v) is 11.2. The molecule has 9 heteroatoms. The number of nitrogens with one attached hydrogen (secondary N) is 2. The summed E-state index contributed by atoms with van der Waals surface area (Å²) in [4.78, 5) is 29.7. The van der Waals surface area contributed by atoms with Gasteiger partial charge in [-0.05, 0) is 18.1 Å². The maximum absolute atomic E-state index is 13.1. The Labute approximate surface area is 164 Å². The summed E-state index contributed by atoms with van der Waals surface area (Å²) < 4.78 is 25.0. The zero-order chi connectivity index (χ0) is 20.3. The van der Waals surface area contributed by atoms with Crippen LogP contribution in [0.1, 0.15) is 18.9 Å². The fourth-order valence-corrected chi connectivity index (χ4v) is 4.51. The van der Waals surface area contributed by atoms with Crippen molar-refractivity contribution in [3.8, 4) is 0 Å². The fraction of sp³-hybridized carbons (Fsp3) is 0.474. The number of sulfonamides is 1. The molecule has 1 aliphatic heterocycles. The number of H-pyrrole nitrogens is 1. The van der Waals surface area contributed by atoms with Gasteiger partial charge in [-0.2, -0.15) is 0 Å². The van der Waals surface area contributed by atoms with E-state index in [1.165, 1.54) is 17.5 Å². The highest BCUT2D eigenvalue weighted by Crippen LogP contribution is 2.20. The van der Waals surface area contributed by atoms with E-state index in [0.29, 0.717) is 32.5 Å². The minimum Gasteiger partial charge on any atom is -0.361 e. The maximum Gasteiger partial charge on any atom is 0.245 e. The Morgan fingerprint density at radius 3 is 2.64 bits per heavy atom. The van der Waals surface area contributed by atoms with Crippen molar-refractivity contribution >= 4 is 32.7 Å². The van der Waals surface area contributed by atoms with Crippen LogP contribution in [0.3, 0.4) is 0 Å². The number of hydrogen-bond donors (Lipinski definition) is 2. The van der Waals surface area contributed by atoms with Gasteiger partial charge in [-0.1, -0.05) is 18.2 Å². The first-order chi connectivity index (χ1) is 13.3. The van der Waals surface area contributed by atoms with E-state index in [-0.39, 0.29) is 18.4 Å². The van der Waals surface area contributed by atoms with Gasteiger partial charge < -0.3 is 15.2 Å². The molecule has 1 aliphatic rings. The number of aromatic amines is 1. The Morgan fingerprint density at radius 1 is 1.18 bits per heavy atom. The molecular formula is C19H26N4O4S. The quantitative estimate of drug-likeness (QED) is 0.763. The number of rotatable bonds is 5. The lowest BCUT2D eigenvalue weighted by atomic mass is 10.0. The third kappa shape index (κ3) is 4.71. The lowest BCUT2D eigenvalue weighted by Gasteiger charge is -2.26. The number of carbonyl (C=O) groups is 2. The Hall–Kier alpha value is -2.39. The van der Waals surface area contributed by atoms with E-state index in [2.05, 4.69) is 10.3 Å². The van der Waals surface area contributed by atoms with Crippen LogP contribution in [0, 0.1) is 0 Å². The highest BCUT2D eigenvalue weighted by molar-refractivity contribution is 7.88. The van der Waals surface area contributed by atoms with Crippen LogP contribution < -0.4 is 5.32 Å². The lowest BCUT2D eigenvalue weighted by molar-refractivity contribution is -0.135. The van der Waals surface area contributed by atoms with Crippen LogP contribution in [0.4, 0.5) is 0 Å². The molecule has 1 aromatic heterocycles. The summed E-state index contributed by atoms with van der Waals surface area (Å²) in [6, 6.07) is 7.11. The largest absolute Gasteiger partial charge is 0.361 e. The molecule has 2 amide bonds. The standard InChI is InChI=1S/C19H26N4O4S/c1-14(24)21-18(12-15-13-20-17-7-4-3-6-16(15)17)19(25)22-8-5-9-23(11-10-22)28(2,26)27/h3-4,6-7,13,18,20H,5,8-12H2,1-2H3,(H,21,24)/t18-/m1/s1. The van der Waals surface area contributed by atoms with Gasteiger partial charge >= 0.3 is 0 Å². The Morgan fingerprint density at radius 2 is 1.93 bits per heavy atom. The van der Waals surface area contributed by atoms with Gasteiger partial charge in [-0.3, -0.25) is 9.59 Å². The number of benzene rings is 1. The summed E-state index contributed by atoms with van der Waals surface area (Å²) in [5.74, 6) is -0.457. The van der Waals surface area contributed by atoms with Crippen LogP contribution in [-0.2, 0) is 26.0 Å². The number of fused-ring (bicyclic) bond motifs is 1. The molecule has 3 rings (SSSR count). The molecule has 0 spiro atoms. The number of aromatic nitrogens is 1. The molecular weight excluding hydrogens is 380 g/mol. The zero-order valence-electron chi connectivity index (χ0n) is 16.1. The van der Waals surface area contributed by atoms with E-state index in [0.717, 1.165) is 16.5 Å². The van der Waals surface area contributed by atoms with Crippen molar-refractivity contribution in [1.29, 1.82) is 0 Å². The molecule has 1 fully saturated rings. The molecule has 0 saturated carbocycles. The molecule has 8 nitrogen and oxygen atoms in total. The highest BCUT2D eigenvalue weighted by Gasteiger charge is 2.29. The van der Waals surface area contributed by atoms with Crippen LogP contribution in [-0.4, -0.2) is 72.9 Å². The Kier molecular flexibility index (Phi) is 6.04. The fourth-order valence-electron chi connectivity index (χ4n) is 3.63. The summed E-state index contributed by atoms with van der Waals surface area (Å²) >= 11 is 0. The SMILES string of the molecule is CC(=O)N[C@H](Cc1c[nH]c2ccccc12)C(=O)N1CCCN(S(C)(=O)=O)CC1. The van der Waals surface area contributed by atoms with Crippen LogP contribution in [0.15, 0.2) is 30.5 Å². The topological polar surface area (TPSA) is 103 Å². The molecule has 0 aliphatic carbocycles. The third-order valence-electron chi connectivity index (χ3n) is 5.01. The molecule has 2 heterocycles. The normalized spacial score (nSPS) is 17.3. The number of para-hydroxylation sites is 1. The van der Waals surface area contributed by atoms with Crippen LogP contribution in [0.2, 0.25) is 0 Å². The minimum atomic E-state index is -3.28. The molecule has 1 saturated heterocycles. The maximum atomic E-state index is 13.1. The van der Waals surface area contributed by atoms with E-state index in [9.17, 15) is 18.0 Å². The average Bonchev–Trinajstić information content (AvgIpc) is 2.86. The average molecular weight is 407 g/mol. The minimum absolute atomic E-state index is 0.184. The number of carbonyl (C=O) groups excluding carboxylic acids is 2. The van der Waals surface area contributed by atoms with Gasteiger partial charge in [0.15, 0.2) is 0 Å². The zero-order valence-corrected chi connectivity index (χ0v) is 17.0. The monoisotopic (exact) mass is 406 g/mol.